The summed E-state index contributed by atoms with van der Waals surface area (Å²) in [6.07, 6.45) is 0. The number of likely N-dealkylation sites (N-methyl/N-ethyl adjacent to an activating group) is 2. The summed E-state index contributed by atoms with van der Waals surface area (Å²) in [6, 6.07) is 5.93. The Morgan fingerprint density at radius 3 is 2.59 bits per heavy atom. The molecule has 0 fully saturated rings. The van der Waals surface area contributed by atoms with Crippen LogP contribution in [0.5, 0.6) is 11.5 Å². The standard InChI is InChI=1S/C13H22N2O2/c1-14-7-8-15(2)10-11-5-6-12(16-3)9-13(11)17-4/h5-6,9,14H,7-8,10H2,1-4H3. The first-order chi connectivity index (χ1) is 8.21. The lowest BCUT2D eigenvalue weighted by Gasteiger charge is -2.18. The van der Waals surface area contributed by atoms with Gasteiger partial charge in [0.15, 0.2) is 0 Å². The van der Waals surface area contributed by atoms with E-state index in [0.717, 1.165) is 31.1 Å². The molecule has 0 saturated heterocycles. The molecule has 0 aromatic heterocycles. The summed E-state index contributed by atoms with van der Waals surface area (Å²) in [5, 5.41) is 3.14. The topological polar surface area (TPSA) is 33.7 Å². The third-order valence-corrected chi connectivity index (χ3v) is 2.68. The van der Waals surface area contributed by atoms with Crippen LogP contribution in [0.3, 0.4) is 0 Å². The van der Waals surface area contributed by atoms with Crippen LogP contribution < -0.4 is 14.8 Å². The molecule has 4 heteroatoms. The van der Waals surface area contributed by atoms with E-state index in [9.17, 15) is 0 Å². The molecule has 0 unspecified atom stereocenters. The zero-order valence-electron chi connectivity index (χ0n) is 11.1. The van der Waals surface area contributed by atoms with Crippen LogP contribution in [0.1, 0.15) is 5.56 Å². The molecule has 0 aliphatic rings. The van der Waals surface area contributed by atoms with Gasteiger partial charge < -0.3 is 19.7 Å². The highest BCUT2D eigenvalue weighted by atomic mass is 16.5. The molecule has 1 N–H and O–H groups in total. The second-order valence-electron chi connectivity index (χ2n) is 4.02. The monoisotopic (exact) mass is 238 g/mol. The van der Waals surface area contributed by atoms with E-state index in [4.69, 9.17) is 9.47 Å². The van der Waals surface area contributed by atoms with Gasteiger partial charge in [-0.3, -0.25) is 0 Å². The van der Waals surface area contributed by atoms with E-state index >= 15 is 0 Å². The largest absolute Gasteiger partial charge is 0.497 e. The van der Waals surface area contributed by atoms with Gasteiger partial charge in [0.2, 0.25) is 0 Å². The van der Waals surface area contributed by atoms with Crippen molar-refractivity contribution in [1.82, 2.24) is 10.2 Å². The second-order valence-corrected chi connectivity index (χ2v) is 4.02. The first-order valence-corrected chi connectivity index (χ1v) is 5.75. The number of hydrogen-bond acceptors (Lipinski definition) is 4. The van der Waals surface area contributed by atoms with Crippen molar-refractivity contribution in [2.75, 3.05) is 41.4 Å². The van der Waals surface area contributed by atoms with Crippen LogP contribution in [0.4, 0.5) is 0 Å². The molecule has 17 heavy (non-hydrogen) atoms. The van der Waals surface area contributed by atoms with Crippen LogP contribution in [0, 0.1) is 0 Å². The summed E-state index contributed by atoms with van der Waals surface area (Å²) in [6.45, 7) is 2.86. The fraction of sp³-hybridized carbons (Fsp3) is 0.538. The number of nitrogens with zero attached hydrogens (tertiary/aromatic N) is 1. The van der Waals surface area contributed by atoms with E-state index in [1.807, 2.05) is 25.2 Å². The van der Waals surface area contributed by atoms with Gasteiger partial charge in [-0.25, -0.2) is 0 Å². The Labute approximate surface area is 104 Å². The van der Waals surface area contributed by atoms with Crippen molar-refractivity contribution in [3.8, 4) is 11.5 Å². The van der Waals surface area contributed by atoms with E-state index in [1.165, 1.54) is 5.56 Å². The van der Waals surface area contributed by atoms with E-state index in [2.05, 4.69) is 17.3 Å². The Bertz CT molecular complexity index is 342. The van der Waals surface area contributed by atoms with Crippen molar-refractivity contribution in [2.45, 2.75) is 6.54 Å². The third kappa shape index (κ3) is 4.24. The lowest BCUT2D eigenvalue weighted by atomic mass is 10.2. The molecular formula is C13H22N2O2. The predicted octanol–water partition coefficient (Wildman–Crippen LogP) is 1.35. The van der Waals surface area contributed by atoms with Crippen molar-refractivity contribution in [3.05, 3.63) is 23.8 Å². The Kier molecular flexibility index (Phi) is 5.80. The first kappa shape index (κ1) is 13.8. The second kappa shape index (κ2) is 7.14. The van der Waals surface area contributed by atoms with Crippen LogP contribution in [-0.4, -0.2) is 46.3 Å². The normalized spacial score (nSPS) is 10.6. The molecule has 0 radical (unpaired) electrons. The minimum Gasteiger partial charge on any atom is -0.497 e. The number of methoxy groups -OCH3 is 2. The molecule has 0 spiro atoms. The molecule has 0 aliphatic heterocycles. The zero-order chi connectivity index (χ0) is 12.7. The Morgan fingerprint density at radius 2 is 2.00 bits per heavy atom. The molecule has 4 nitrogen and oxygen atoms in total. The summed E-state index contributed by atoms with van der Waals surface area (Å²) in [5.74, 6) is 1.70. The number of hydrogen-bond donors (Lipinski definition) is 1. The Hall–Kier alpha value is -1.26. The number of benzene rings is 1. The predicted molar refractivity (Wildman–Crippen MR) is 69.8 cm³/mol. The molecular weight excluding hydrogens is 216 g/mol. The SMILES string of the molecule is CNCCN(C)Cc1ccc(OC)cc1OC. The van der Waals surface area contributed by atoms with Gasteiger partial charge in [0.05, 0.1) is 14.2 Å². The van der Waals surface area contributed by atoms with E-state index in [-0.39, 0.29) is 0 Å². The minimum absolute atomic E-state index is 0.823. The van der Waals surface area contributed by atoms with E-state index < -0.39 is 0 Å². The summed E-state index contributed by atoms with van der Waals surface area (Å²) in [5.41, 5.74) is 1.17. The number of rotatable bonds is 7. The summed E-state index contributed by atoms with van der Waals surface area (Å²) >= 11 is 0. The molecule has 0 atom stereocenters. The summed E-state index contributed by atoms with van der Waals surface area (Å²) in [7, 11) is 7.40. The fourth-order valence-corrected chi connectivity index (χ4v) is 1.66. The van der Waals surface area contributed by atoms with Gasteiger partial charge >= 0.3 is 0 Å². The van der Waals surface area contributed by atoms with Gasteiger partial charge in [0.1, 0.15) is 11.5 Å². The average Bonchev–Trinajstić information content (AvgIpc) is 2.36. The number of ether oxygens (including phenoxy) is 2. The fourth-order valence-electron chi connectivity index (χ4n) is 1.66. The lowest BCUT2D eigenvalue weighted by Crippen LogP contribution is -2.27. The van der Waals surface area contributed by atoms with Gasteiger partial charge in [-0.15, -0.1) is 0 Å². The molecule has 96 valence electrons. The Balaban J connectivity index is 2.69. The highest BCUT2D eigenvalue weighted by Gasteiger charge is 2.07. The lowest BCUT2D eigenvalue weighted by molar-refractivity contribution is 0.317. The van der Waals surface area contributed by atoms with Crippen LogP contribution >= 0.6 is 0 Å². The molecule has 1 aromatic carbocycles. The maximum atomic E-state index is 5.37. The molecule has 1 aromatic rings. The molecule has 0 amide bonds. The van der Waals surface area contributed by atoms with Crippen LogP contribution in [-0.2, 0) is 6.54 Å². The van der Waals surface area contributed by atoms with Crippen molar-refractivity contribution >= 4 is 0 Å². The highest BCUT2D eigenvalue weighted by molar-refractivity contribution is 5.40. The van der Waals surface area contributed by atoms with Crippen LogP contribution in [0.15, 0.2) is 18.2 Å². The third-order valence-electron chi connectivity index (χ3n) is 2.68. The van der Waals surface area contributed by atoms with Crippen molar-refractivity contribution < 1.29 is 9.47 Å². The molecule has 1 rings (SSSR count). The zero-order valence-corrected chi connectivity index (χ0v) is 11.1. The maximum Gasteiger partial charge on any atom is 0.127 e. The number of nitrogens with one attached hydrogen (secondary N) is 1. The van der Waals surface area contributed by atoms with Gasteiger partial charge in [0, 0.05) is 31.3 Å². The van der Waals surface area contributed by atoms with Gasteiger partial charge in [-0.05, 0) is 20.2 Å². The van der Waals surface area contributed by atoms with Gasteiger partial charge in [-0.2, -0.15) is 0 Å². The van der Waals surface area contributed by atoms with Crippen molar-refractivity contribution in [1.29, 1.82) is 0 Å². The average molecular weight is 238 g/mol. The highest BCUT2D eigenvalue weighted by Crippen LogP contribution is 2.25. The van der Waals surface area contributed by atoms with Crippen LogP contribution in [0.2, 0.25) is 0 Å². The first-order valence-electron chi connectivity index (χ1n) is 5.75. The Morgan fingerprint density at radius 1 is 1.24 bits per heavy atom. The summed E-state index contributed by atoms with van der Waals surface area (Å²) < 4.78 is 10.5. The molecule has 0 aliphatic carbocycles. The van der Waals surface area contributed by atoms with E-state index in [1.54, 1.807) is 14.2 Å². The molecule has 0 saturated carbocycles. The molecule has 0 heterocycles. The quantitative estimate of drug-likeness (QED) is 0.777. The van der Waals surface area contributed by atoms with Crippen molar-refractivity contribution in [2.24, 2.45) is 0 Å². The van der Waals surface area contributed by atoms with Gasteiger partial charge in [0.25, 0.3) is 0 Å². The smallest absolute Gasteiger partial charge is 0.127 e. The maximum absolute atomic E-state index is 5.37. The van der Waals surface area contributed by atoms with Gasteiger partial charge in [-0.1, -0.05) is 6.07 Å². The molecule has 0 bridgehead atoms. The van der Waals surface area contributed by atoms with Crippen LogP contribution in [0.25, 0.3) is 0 Å². The van der Waals surface area contributed by atoms with Crippen molar-refractivity contribution in [3.63, 3.8) is 0 Å². The minimum atomic E-state index is 0.823. The summed E-state index contributed by atoms with van der Waals surface area (Å²) in [4.78, 5) is 2.25. The van der Waals surface area contributed by atoms with E-state index in [0.29, 0.717) is 0 Å².